The van der Waals surface area contributed by atoms with E-state index in [0.29, 0.717) is 0 Å². The first kappa shape index (κ1) is 14.6. The summed E-state index contributed by atoms with van der Waals surface area (Å²) in [6.07, 6.45) is 0. The molecule has 7 heteroatoms. The number of carbonyl (C=O) groups is 1. The van der Waals surface area contributed by atoms with Crippen molar-refractivity contribution in [1.82, 2.24) is 0 Å². The van der Waals surface area contributed by atoms with Gasteiger partial charge in [0, 0.05) is 5.88 Å². The van der Waals surface area contributed by atoms with Crippen LogP contribution >= 0.6 is 11.6 Å². The van der Waals surface area contributed by atoms with Gasteiger partial charge in [-0.1, -0.05) is 0 Å². The van der Waals surface area contributed by atoms with E-state index in [1.165, 1.54) is 6.92 Å². The Morgan fingerprint density at radius 2 is 2.11 bits per heavy atom. The van der Waals surface area contributed by atoms with E-state index in [9.17, 15) is 18.0 Å². The van der Waals surface area contributed by atoms with Gasteiger partial charge >= 0.3 is 12.6 Å². The summed E-state index contributed by atoms with van der Waals surface area (Å²) in [6, 6.07) is 2.15. The molecule has 0 aliphatic rings. The van der Waals surface area contributed by atoms with Crippen molar-refractivity contribution in [2.45, 2.75) is 19.4 Å². The Morgan fingerprint density at radius 1 is 1.44 bits per heavy atom. The number of carbonyl (C=O) groups excluding carboxylic acids is 1. The van der Waals surface area contributed by atoms with Gasteiger partial charge in [-0.25, -0.2) is 9.18 Å². The van der Waals surface area contributed by atoms with Crippen molar-refractivity contribution in [2.75, 3.05) is 6.61 Å². The average Bonchev–Trinajstić information content (AvgIpc) is 2.31. The number of benzene rings is 1. The molecule has 0 aromatic heterocycles. The van der Waals surface area contributed by atoms with E-state index in [1.807, 2.05) is 0 Å². The van der Waals surface area contributed by atoms with E-state index in [2.05, 4.69) is 9.47 Å². The number of ether oxygens (including phenoxy) is 2. The highest BCUT2D eigenvalue weighted by Crippen LogP contribution is 2.26. The minimum atomic E-state index is -3.19. The zero-order valence-corrected chi connectivity index (χ0v) is 10.1. The van der Waals surface area contributed by atoms with Crippen LogP contribution in [-0.4, -0.2) is 19.2 Å². The Bertz CT molecular complexity index is 438. The second kappa shape index (κ2) is 6.49. The molecule has 0 amide bonds. The van der Waals surface area contributed by atoms with Crippen LogP contribution in [0.4, 0.5) is 13.2 Å². The van der Waals surface area contributed by atoms with Crippen LogP contribution in [0.25, 0.3) is 0 Å². The molecule has 1 rings (SSSR count). The van der Waals surface area contributed by atoms with Crippen molar-refractivity contribution < 1.29 is 27.4 Å². The topological polar surface area (TPSA) is 35.5 Å². The molecule has 0 atom stereocenters. The molecule has 0 N–H and O–H groups in total. The minimum Gasteiger partial charge on any atom is -0.462 e. The van der Waals surface area contributed by atoms with Crippen LogP contribution in [0.15, 0.2) is 12.1 Å². The fourth-order valence-electron chi connectivity index (χ4n) is 1.27. The van der Waals surface area contributed by atoms with Crippen molar-refractivity contribution in [1.29, 1.82) is 0 Å². The Hall–Kier alpha value is -1.43. The fourth-order valence-corrected chi connectivity index (χ4v) is 1.43. The molecule has 3 nitrogen and oxygen atoms in total. The van der Waals surface area contributed by atoms with Crippen molar-refractivity contribution >= 4 is 17.6 Å². The minimum absolute atomic E-state index is 0.0361. The van der Waals surface area contributed by atoms with Gasteiger partial charge in [-0.2, -0.15) is 8.78 Å². The summed E-state index contributed by atoms with van der Waals surface area (Å²) >= 11 is 5.52. The molecule has 0 aliphatic heterocycles. The van der Waals surface area contributed by atoms with Gasteiger partial charge in [-0.3, -0.25) is 0 Å². The van der Waals surface area contributed by atoms with Crippen LogP contribution in [0.5, 0.6) is 5.75 Å². The predicted molar refractivity (Wildman–Crippen MR) is 58.5 cm³/mol. The third-order valence-electron chi connectivity index (χ3n) is 1.96. The molecular weight excluding hydrogens is 273 g/mol. The summed E-state index contributed by atoms with van der Waals surface area (Å²) in [4.78, 5) is 11.4. The summed E-state index contributed by atoms with van der Waals surface area (Å²) in [5.41, 5.74) is -0.206. The van der Waals surface area contributed by atoms with Crippen LogP contribution in [0.3, 0.4) is 0 Å². The van der Waals surface area contributed by atoms with Crippen LogP contribution in [0.2, 0.25) is 0 Å². The van der Waals surface area contributed by atoms with Gasteiger partial charge < -0.3 is 9.47 Å². The third kappa shape index (κ3) is 3.53. The summed E-state index contributed by atoms with van der Waals surface area (Å²) < 4.78 is 46.5. The van der Waals surface area contributed by atoms with E-state index in [4.69, 9.17) is 11.6 Å². The molecule has 100 valence electrons. The molecule has 0 unspecified atom stereocenters. The zero-order chi connectivity index (χ0) is 13.7. The van der Waals surface area contributed by atoms with Crippen molar-refractivity contribution in [3.8, 4) is 5.75 Å². The quantitative estimate of drug-likeness (QED) is 0.614. The Kier molecular flexibility index (Phi) is 5.27. The molecule has 0 spiro atoms. The average molecular weight is 283 g/mol. The lowest BCUT2D eigenvalue weighted by atomic mass is 10.1. The van der Waals surface area contributed by atoms with Gasteiger partial charge in [0.25, 0.3) is 0 Å². The lowest BCUT2D eigenvalue weighted by Crippen LogP contribution is -2.11. The Morgan fingerprint density at radius 3 is 2.61 bits per heavy atom. The number of rotatable bonds is 5. The van der Waals surface area contributed by atoms with Gasteiger partial charge in [0.05, 0.1) is 12.2 Å². The van der Waals surface area contributed by atoms with Crippen molar-refractivity contribution in [3.63, 3.8) is 0 Å². The molecule has 0 heterocycles. The number of hydrogen-bond acceptors (Lipinski definition) is 3. The molecule has 0 fully saturated rings. The normalized spacial score (nSPS) is 10.6. The van der Waals surface area contributed by atoms with Crippen LogP contribution in [0.1, 0.15) is 22.8 Å². The molecule has 0 aliphatic carbocycles. The number of esters is 1. The zero-order valence-electron chi connectivity index (χ0n) is 9.38. The number of alkyl halides is 3. The van der Waals surface area contributed by atoms with Gasteiger partial charge in [-0.15, -0.1) is 11.6 Å². The molecular formula is C11H10ClF3O3. The maximum Gasteiger partial charge on any atom is 0.387 e. The Labute approximate surface area is 106 Å². The standard InChI is InChI=1S/C11H10ClF3O3/c1-2-17-10(16)7-3-6(5-12)4-8(9(7)13)18-11(14)15/h3-4,11H,2,5H2,1H3. The van der Waals surface area contributed by atoms with Crippen molar-refractivity contribution in [3.05, 3.63) is 29.1 Å². The van der Waals surface area contributed by atoms with E-state index in [1.54, 1.807) is 0 Å². The smallest absolute Gasteiger partial charge is 0.387 e. The summed E-state index contributed by atoms with van der Waals surface area (Å²) in [6.45, 7) is -1.62. The highest BCUT2D eigenvalue weighted by atomic mass is 35.5. The first-order chi connectivity index (χ1) is 8.49. The summed E-state index contributed by atoms with van der Waals surface area (Å²) in [5.74, 6) is -2.96. The highest BCUT2D eigenvalue weighted by Gasteiger charge is 2.20. The second-order valence-corrected chi connectivity index (χ2v) is 3.46. The van der Waals surface area contributed by atoms with E-state index < -0.39 is 29.7 Å². The number of hydrogen-bond donors (Lipinski definition) is 0. The van der Waals surface area contributed by atoms with E-state index in [-0.39, 0.29) is 18.1 Å². The molecule has 18 heavy (non-hydrogen) atoms. The third-order valence-corrected chi connectivity index (χ3v) is 2.27. The van der Waals surface area contributed by atoms with Crippen LogP contribution in [-0.2, 0) is 10.6 Å². The van der Waals surface area contributed by atoms with Crippen molar-refractivity contribution in [2.24, 2.45) is 0 Å². The molecule has 0 radical (unpaired) electrons. The molecule has 0 bridgehead atoms. The summed E-state index contributed by atoms with van der Waals surface area (Å²) in [7, 11) is 0. The predicted octanol–water partition coefficient (Wildman–Crippen LogP) is 3.34. The molecule has 0 saturated heterocycles. The van der Waals surface area contributed by atoms with E-state index in [0.717, 1.165) is 12.1 Å². The summed E-state index contributed by atoms with van der Waals surface area (Å²) in [5, 5.41) is 0. The van der Waals surface area contributed by atoms with Crippen LogP contribution in [0, 0.1) is 5.82 Å². The van der Waals surface area contributed by atoms with E-state index >= 15 is 0 Å². The van der Waals surface area contributed by atoms with Gasteiger partial charge in [0.1, 0.15) is 0 Å². The largest absolute Gasteiger partial charge is 0.462 e. The number of halogens is 4. The second-order valence-electron chi connectivity index (χ2n) is 3.19. The molecule has 1 aromatic rings. The highest BCUT2D eigenvalue weighted by molar-refractivity contribution is 6.17. The molecule has 1 aromatic carbocycles. The molecule has 0 saturated carbocycles. The SMILES string of the molecule is CCOC(=O)c1cc(CCl)cc(OC(F)F)c1F. The fraction of sp³-hybridized carbons (Fsp3) is 0.364. The first-order valence-electron chi connectivity index (χ1n) is 4.99. The monoisotopic (exact) mass is 282 g/mol. The van der Waals surface area contributed by atoms with Gasteiger partial charge in [-0.05, 0) is 24.6 Å². The lowest BCUT2D eigenvalue weighted by Gasteiger charge is -2.11. The maximum atomic E-state index is 13.7. The van der Waals surface area contributed by atoms with Gasteiger partial charge in [0.15, 0.2) is 11.6 Å². The maximum absolute atomic E-state index is 13.7. The Balaban J connectivity index is 3.20. The van der Waals surface area contributed by atoms with Crippen LogP contribution < -0.4 is 4.74 Å². The first-order valence-corrected chi connectivity index (χ1v) is 5.53. The lowest BCUT2D eigenvalue weighted by molar-refractivity contribution is -0.0523. The van der Waals surface area contributed by atoms with Gasteiger partial charge in [0.2, 0.25) is 0 Å².